The molecule has 6 heteroatoms. The molecule has 0 radical (unpaired) electrons. The van der Waals surface area contributed by atoms with Crippen LogP contribution in [0.2, 0.25) is 0 Å². The van der Waals surface area contributed by atoms with Gasteiger partial charge < -0.3 is 10.2 Å². The standard InChI is InChI=1S/C16H24N6/c1-12(11-21-8-2-3-9-21)10-17-14-6-7-15-18-19-16(13-4-5-13)22(15)20-14/h6-7,12-13H,2-5,8-11H2,1H3,(H,17,20). The summed E-state index contributed by atoms with van der Waals surface area (Å²) in [5.41, 5.74) is 0.845. The molecule has 1 unspecified atom stereocenters. The molecule has 2 aromatic rings. The second kappa shape index (κ2) is 5.83. The number of aromatic nitrogens is 4. The first kappa shape index (κ1) is 13.9. The Morgan fingerprint density at radius 2 is 2.05 bits per heavy atom. The molecule has 2 aliphatic rings. The highest BCUT2D eigenvalue weighted by atomic mass is 15.4. The van der Waals surface area contributed by atoms with Crippen molar-refractivity contribution in [3.63, 3.8) is 0 Å². The Morgan fingerprint density at radius 1 is 1.23 bits per heavy atom. The first-order valence-electron chi connectivity index (χ1n) is 8.48. The minimum absolute atomic E-state index is 0.562. The topological polar surface area (TPSA) is 58.4 Å². The lowest BCUT2D eigenvalue weighted by Gasteiger charge is -2.20. The van der Waals surface area contributed by atoms with Gasteiger partial charge >= 0.3 is 0 Å². The van der Waals surface area contributed by atoms with E-state index in [1.54, 1.807) is 0 Å². The van der Waals surface area contributed by atoms with E-state index in [1.807, 2.05) is 16.6 Å². The van der Waals surface area contributed by atoms with Crippen LogP contribution in [0.15, 0.2) is 12.1 Å². The zero-order valence-corrected chi connectivity index (χ0v) is 13.2. The van der Waals surface area contributed by atoms with E-state index in [0.717, 1.165) is 23.8 Å². The summed E-state index contributed by atoms with van der Waals surface area (Å²) in [6, 6.07) is 4.00. The molecule has 118 valence electrons. The monoisotopic (exact) mass is 300 g/mol. The maximum atomic E-state index is 4.67. The normalized spacial score (nSPS) is 20.6. The summed E-state index contributed by atoms with van der Waals surface area (Å²) in [6.07, 6.45) is 5.14. The average molecular weight is 300 g/mol. The first-order valence-corrected chi connectivity index (χ1v) is 8.48. The van der Waals surface area contributed by atoms with E-state index in [2.05, 4.69) is 32.4 Å². The highest BCUT2D eigenvalue weighted by Gasteiger charge is 2.29. The van der Waals surface area contributed by atoms with Crippen LogP contribution in [0.1, 0.15) is 44.3 Å². The minimum atomic E-state index is 0.562. The number of nitrogens with one attached hydrogen (secondary N) is 1. The van der Waals surface area contributed by atoms with Gasteiger partial charge in [-0.3, -0.25) is 0 Å². The molecule has 1 saturated heterocycles. The molecule has 6 nitrogen and oxygen atoms in total. The number of anilines is 1. The number of likely N-dealkylation sites (tertiary alicyclic amines) is 1. The molecule has 1 saturated carbocycles. The number of hydrogen-bond acceptors (Lipinski definition) is 5. The van der Waals surface area contributed by atoms with Gasteiger partial charge in [-0.1, -0.05) is 6.92 Å². The third-order valence-corrected chi connectivity index (χ3v) is 4.63. The van der Waals surface area contributed by atoms with Crippen LogP contribution < -0.4 is 5.32 Å². The molecule has 22 heavy (non-hydrogen) atoms. The third-order valence-electron chi connectivity index (χ3n) is 4.63. The van der Waals surface area contributed by atoms with Gasteiger partial charge in [0.2, 0.25) is 0 Å². The maximum Gasteiger partial charge on any atom is 0.178 e. The zero-order chi connectivity index (χ0) is 14.9. The molecular weight excluding hydrogens is 276 g/mol. The van der Waals surface area contributed by atoms with E-state index in [1.165, 1.54) is 45.3 Å². The van der Waals surface area contributed by atoms with Crippen molar-refractivity contribution in [3.05, 3.63) is 18.0 Å². The molecule has 2 aromatic heterocycles. The van der Waals surface area contributed by atoms with E-state index < -0.39 is 0 Å². The molecule has 1 atom stereocenters. The second-order valence-corrected chi connectivity index (χ2v) is 6.81. The second-order valence-electron chi connectivity index (χ2n) is 6.81. The summed E-state index contributed by atoms with van der Waals surface area (Å²) in [5, 5.41) is 16.6. The highest BCUT2D eigenvalue weighted by Crippen LogP contribution is 2.38. The first-order chi connectivity index (χ1) is 10.8. The zero-order valence-electron chi connectivity index (χ0n) is 13.2. The molecule has 0 spiro atoms. The third kappa shape index (κ3) is 2.92. The Labute approximate surface area is 130 Å². The van der Waals surface area contributed by atoms with Crippen LogP contribution in [0.5, 0.6) is 0 Å². The van der Waals surface area contributed by atoms with E-state index in [4.69, 9.17) is 0 Å². The lowest BCUT2D eigenvalue weighted by Crippen LogP contribution is -2.29. The van der Waals surface area contributed by atoms with Crippen molar-refractivity contribution >= 4 is 11.5 Å². The summed E-state index contributed by atoms with van der Waals surface area (Å²) >= 11 is 0. The van der Waals surface area contributed by atoms with Crippen LogP contribution in [0.25, 0.3) is 5.65 Å². The van der Waals surface area contributed by atoms with Crippen LogP contribution in [-0.2, 0) is 0 Å². The number of fused-ring (bicyclic) bond motifs is 1. The highest BCUT2D eigenvalue weighted by molar-refractivity contribution is 5.44. The van der Waals surface area contributed by atoms with Gasteiger partial charge in [0.15, 0.2) is 11.5 Å². The van der Waals surface area contributed by atoms with E-state index >= 15 is 0 Å². The Hall–Kier alpha value is -1.69. The molecule has 4 rings (SSSR count). The predicted octanol–water partition coefficient (Wildman–Crippen LogP) is 2.15. The lowest BCUT2D eigenvalue weighted by molar-refractivity contribution is 0.294. The summed E-state index contributed by atoms with van der Waals surface area (Å²) in [6.45, 7) is 6.96. The van der Waals surface area contributed by atoms with Gasteiger partial charge in [0.05, 0.1) is 0 Å². The van der Waals surface area contributed by atoms with E-state index in [-0.39, 0.29) is 0 Å². The van der Waals surface area contributed by atoms with Gasteiger partial charge in [0, 0.05) is 19.0 Å². The SMILES string of the molecule is CC(CNc1ccc2nnc(C3CC3)n2n1)CN1CCCC1. The number of hydrogen-bond donors (Lipinski definition) is 1. The minimum Gasteiger partial charge on any atom is -0.368 e. The van der Waals surface area contributed by atoms with Crippen molar-refractivity contribution in [3.8, 4) is 0 Å². The van der Waals surface area contributed by atoms with Gasteiger partial charge in [0.25, 0.3) is 0 Å². The molecule has 1 N–H and O–H groups in total. The molecule has 0 bridgehead atoms. The van der Waals surface area contributed by atoms with Crippen molar-refractivity contribution in [1.82, 2.24) is 24.7 Å². The maximum absolute atomic E-state index is 4.67. The van der Waals surface area contributed by atoms with Crippen molar-refractivity contribution < 1.29 is 0 Å². The van der Waals surface area contributed by atoms with E-state index in [9.17, 15) is 0 Å². The average Bonchev–Trinajstić information content (AvgIpc) is 3.08. The lowest BCUT2D eigenvalue weighted by atomic mass is 10.1. The van der Waals surface area contributed by atoms with Gasteiger partial charge in [-0.15, -0.1) is 15.3 Å². The van der Waals surface area contributed by atoms with Crippen LogP contribution in [-0.4, -0.2) is 50.9 Å². The van der Waals surface area contributed by atoms with Gasteiger partial charge in [-0.2, -0.15) is 4.52 Å². The Balaban J connectivity index is 1.39. The van der Waals surface area contributed by atoms with Crippen molar-refractivity contribution in [2.45, 2.75) is 38.5 Å². The Morgan fingerprint density at radius 3 is 2.82 bits per heavy atom. The summed E-state index contributed by atoms with van der Waals surface area (Å²) in [7, 11) is 0. The van der Waals surface area contributed by atoms with E-state index in [0.29, 0.717) is 11.8 Å². The van der Waals surface area contributed by atoms with Crippen LogP contribution in [0.4, 0.5) is 5.82 Å². The molecular formula is C16H24N6. The number of nitrogens with zero attached hydrogens (tertiary/aromatic N) is 5. The van der Waals surface area contributed by atoms with Crippen molar-refractivity contribution in [2.24, 2.45) is 5.92 Å². The van der Waals surface area contributed by atoms with Gasteiger partial charge in [-0.25, -0.2) is 0 Å². The largest absolute Gasteiger partial charge is 0.368 e. The fourth-order valence-electron chi connectivity index (χ4n) is 3.25. The number of rotatable bonds is 6. The molecule has 1 aliphatic carbocycles. The Kier molecular flexibility index (Phi) is 3.70. The smallest absolute Gasteiger partial charge is 0.178 e. The quantitative estimate of drug-likeness (QED) is 0.886. The van der Waals surface area contributed by atoms with Gasteiger partial charge in [-0.05, 0) is 56.8 Å². The summed E-state index contributed by atoms with van der Waals surface area (Å²) in [4.78, 5) is 2.56. The molecule has 0 amide bonds. The van der Waals surface area contributed by atoms with Crippen LogP contribution in [0, 0.1) is 5.92 Å². The summed E-state index contributed by atoms with van der Waals surface area (Å²) in [5.74, 6) is 3.12. The predicted molar refractivity (Wildman–Crippen MR) is 86.1 cm³/mol. The van der Waals surface area contributed by atoms with Crippen molar-refractivity contribution in [1.29, 1.82) is 0 Å². The fraction of sp³-hybridized carbons (Fsp3) is 0.688. The molecule has 2 fully saturated rings. The Bertz CT molecular complexity index is 641. The molecule has 3 heterocycles. The molecule has 1 aliphatic heterocycles. The van der Waals surface area contributed by atoms with Crippen LogP contribution >= 0.6 is 0 Å². The summed E-state index contributed by atoms with van der Waals surface area (Å²) < 4.78 is 1.91. The fourth-order valence-corrected chi connectivity index (χ4v) is 3.25. The van der Waals surface area contributed by atoms with Crippen molar-refractivity contribution in [2.75, 3.05) is 31.5 Å². The van der Waals surface area contributed by atoms with Crippen LogP contribution in [0.3, 0.4) is 0 Å². The molecule has 0 aromatic carbocycles. The van der Waals surface area contributed by atoms with Gasteiger partial charge in [0.1, 0.15) is 5.82 Å².